The van der Waals surface area contributed by atoms with E-state index < -0.39 is 28.6 Å². The van der Waals surface area contributed by atoms with E-state index in [2.05, 4.69) is 5.32 Å². The zero-order valence-corrected chi connectivity index (χ0v) is 24.2. The van der Waals surface area contributed by atoms with E-state index in [0.717, 1.165) is 16.7 Å². The van der Waals surface area contributed by atoms with Crippen molar-refractivity contribution in [3.8, 4) is 5.75 Å². The Morgan fingerprint density at radius 2 is 1.48 bits per heavy atom. The molecule has 0 saturated heterocycles. The molecule has 1 aliphatic heterocycles. The van der Waals surface area contributed by atoms with E-state index in [1.807, 2.05) is 67.6 Å². The lowest BCUT2D eigenvalue weighted by Gasteiger charge is -2.35. The van der Waals surface area contributed by atoms with Crippen LogP contribution >= 0.6 is 0 Å². The largest absolute Gasteiger partial charge is 0.477 e. The van der Waals surface area contributed by atoms with Gasteiger partial charge in [0.15, 0.2) is 6.10 Å². The van der Waals surface area contributed by atoms with E-state index in [-0.39, 0.29) is 23.9 Å². The number of para-hydroxylation sites is 2. The van der Waals surface area contributed by atoms with Gasteiger partial charge in [-0.15, -0.1) is 0 Å². The smallest absolute Gasteiger partial charge is 0.262 e. The minimum absolute atomic E-state index is 0.0121. The number of fused-ring (bicyclic) bond motifs is 1. The fourth-order valence-corrected chi connectivity index (χ4v) is 6.18. The summed E-state index contributed by atoms with van der Waals surface area (Å²) < 4.78 is 34.7. The van der Waals surface area contributed by atoms with Gasteiger partial charge >= 0.3 is 0 Å². The Balaban J connectivity index is 1.36. The van der Waals surface area contributed by atoms with Crippen LogP contribution in [0.5, 0.6) is 5.75 Å². The van der Waals surface area contributed by atoms with Gasteiger partial charge in [-0.3, -0.25) is 9.59 Å². The van der Waals surface area contributed by atoms with Gasteiger partial charge in [-0.05, 0) is 48.7 Å². The Labute approximate surface area is 246 Å². The van der Waals surface area contributed by atoms with Crippen LogP contribution in [0.1, 0.15) is 16.7 Å². The van der Waals surface area contributed by atoms with Crippen molar-refractivity contribution in [2.24, 2.45) is 0 Å². The van der Waals surface area contributed by atoms with Gasteiger partial charge in [0.05, 0.1) is 23.7 Å². The highest BCUT2D eigenvalue weighted by Crippen LogP contribution is 2.33. The van der Waals surface area contributed by atoms with Gasteiger partial charge in [0, 0.05) is 13.1 Å². The lowest BCUT2D eigenvalue weighted by molar-refractivity contribution is -0.128. The molecule has 1 atom stereocenters. The summed E-state index contributed by atoms with van der Waals surface area (Å²) in [7, 11) is -4.02. The van der Waals surface area contributed by atoms with Crippen molar-refractivity contribution in [2.45, 2.75) is 30.9 Å². The van der Waals surface area contributed by atoms with E-state index >= 15 is 0 Å². The van der Waals surface area contributed by atoms with Crippen LogP contribution in [0.4, 0.5) is 5.69 Å². The first-order valence-electron chi connectivity index (χ1n) is 13.8. The molecule has 1 N–H and O–H groups in total. The van der Waals surface area contributed by atoms with Crippen LogP contribution in [0.15, 0.2) is 114 Å². The molecule has 0 radical (unpaired) electrons. The molecule has 2 amide bonds. The van der Waals surface area contributed by atoms with Crippen molar-refractivity contribution < 1.29 is 22.7 Å². The van der Waals surface area contributed by atoms with Crippen LogP contribution in [0.25, 0.3) is 0 Å². The Morgan fingerprint density at radius 1 is 0.857 bits per heavy atom. The molecule has 8 nitrogen and oxygen atoms in total. The minimum atomic E-state index is -4.02. The first-order valence-corrected chi connectivity index (χ1v) is 15.2. The molecule has 216 valence electrons. The summed E-state index contributed by atoms with van der Waals surface area (Å²) in [6.45, 7) is 1.85. The predicted molar refractivity (Wildman–Crippen MR) is 162 cm³/mol. The standard InChI is InChI=1S/C33H33N3O5S/c1-25-16-18-28(19-17-25)42(39,40)35(22-27-12-6-3-7-13-27)24-32(37)36-23-31(41-30-15-9-8-14-29(30)36)33(38)34-21-20-26-10-4-2-5-11-26/h2-19,31H,20-24H2,1H3,(H,34,38)/t31-/m0/s1. The van der Waals surface area contributed by atoms with E-state index in [1.165, 1.54) is 9.21 Å². The molecule has 0 unspecified atom stereocenters. The number of nitrogens with zero attached hydrogens (tertiary/aromatic N) is 2. The lowest BCUT2D eigenvalue weighted by atomic mass is 10.1. The second-order valence-electron chi connectivity index (χ2n) is 10.2. The molecule has 0 bridgehead atoms. The summed E-state index contributed by atoms with van der Waals surface area (Å²) in [6, 6.07) is 32.5. The maximum absolute atomic E-state index is 13.9. The molecule has 1 aliphatic rings. The van der Waals surface area contributed by atoms with Crippen LogP contribution in [0, 0.1) is 6.92 Å². The van der Waals surface area contributed by atoms with E-state index in [0.29, 0.717) is 24.4 Å². The van der Waals surface area contributed by atoms with Crippen LogP contribution in [-0.4, -0.2) is 50.3 Å². The first-order chi connectivity index (χ1) is 20.3. The summed E-state index contributed by atoms with van der Waals surface area (Å²) in [6.07, 6.45) is -0.292. The van der Waals surface area contributed by atoms with Gasteiger partial charge in [0.25, 0.3) is 5.91 Å². The third kappa shape index (κ3) is 6.87. The number of aryl methyl sites for hydroxylation is 1. The number of hydrogen-bond donors (Lipinski definition) is 1. The summed E-state index contributed by atoms with van der Waals surface area (Å²) in [5.41, 5.74) is 3.26. The Kier molecular flexibility index (Phi) is 9.00. The summed E-state index contributed by atoms with van der Waals surface area (Å²) >= 11 is 0. The molecule has 4 aromatic rings. The van der Waals surface area contributed by atoms with Gasteiger partial charge < -0.3 is 15.0 Å². The van der Waals surface area contributed by atoms with E-state index in [9.17, 15) is 18.0 Å². The summed E-state index contributed by atoms with van der Waals surface area (Å²) in [4.78, 5) is 28.6. The summed E-state index contributed by atoms with van der Waals surface area (Å²) in [5, 5.41) is 2.91. The molecule has 0 aliphatic carbocycles. The average Bonchev–Trinajstić information content (AvgIpc) is 3.01. The first kappa shape index (κ1) is 29.0. The quantitative estimate of drug-likeness (QED) is 0.300. The van der Waals surface area contributed by atoms with Crippen molar-refractivity contribution in [3.05, 3.63) is 126 Å². The molecular weight excluding hydrogens is 550 g/mol. The van der Waals surface area contributed by atoms with E-state index in [4.69, 9.17) is 4.74 Å². The second kappa shape index (κ2) is 13.0. The Hall–Kier alpha value is -4.47. The Morgan fingerprint density at radius 3 is 2.17 bits per heavy atom. The molecule has 0 spiro atoms. The van der Waals surface area contributed by atoms with Crippen molar-refractivity contribution in [1.29, 1.82) is 0 Å². The number of sulfonamides is 1. The molecule has 42 heavy (non-hydrogen) atoms. The van der Waals surface area contributed by atoms with Gasteiger partial charge in [-0.2, -0.15) is 4.31 Å². The van der Waals surface area contributed by atoms with Crippen molar-refractivity contribution in [2.75, 3.05) is 24.5 Å². The zero-order valence-electron chi connectivity index (χ0n) is 23.3. The fourth-order valence-electron chi connectivity index (χ4n) is 4.80. The Bertz CT molecular complexity index is 1630. The average molecular weight is 584 g/mol. The highest BCUT2D eigenvalue weighted by atomic mass is 32.2. The van der Waals surface area contributed by atoms with Crippen molar-refractivity contribution >= 4 is 27.5 Å². The maximum Gasteiger partial charge on any atom is 0.262 e. The van der Waals surface area contributed by atoms with Crippen LogP contribution in [0.3, 0.4) is 0 Å². The van der Waals surface area contributed by atoms with Crippen LogP contribution < -0.4 is 15.0 Å². The van der Waals surface area contributed by atoms with Gasteiger partial charge in [-0.1, -0.05) is 90.5 Å². The summed E-state index contributed by atoms with van der Waals surface area (Å²) in [5.74, 6) is -0.414. The number of nitrogens with one attached hydrogen (secondary N) is 1. The highest BCUT2D eigenvalue weighted by molar-refractivity contribution is 7.89. The molecule has 0 saturated carbocycles. The normalized spacial score (nSPS) is 14.6. The number of ether oxygens (including phenoxy) is 1. The van der Waals surface area contributed by atoms with Crippen molar-refractivity contribution in [3.63, 3.8) is 0 Å². The number of hydrogen-bond acceptors (Lipinski definition) is 5. The molecule has 4 aromatic carbocycles. The van der Waals surface area contributed by atoms with Gasteiger partial charge in [0.2, 0.25) is 15.9 Å². The fraction of sp³-hybridized carbons (Fsp3) is 0.212. The molecule has 9 heteroatoms. The highest BCUT2D eigenvalue weighted by Gasteiger charge is 2.36. The SMILES string of the molecule is Cc1ccc(S(=O)(=O)N(CC(=O)N2C[C@@H](C(=O)NCCc3ccccc3)Oc3ccccc32)Cc2ccccc2)cc1. The zero-order chi connectivity index (χ0) is 29.5. The topological polar surface area (TPSA) is 96.0 Å². The molecule has 5 rings (SSSR count). The van der Waals surface area contributed by atoms with Crippen LogP contribution in [-0.2, 0) is 32.6 Å². The molecule has 0 aromatic heterocycles. The number of benzene rings is 4. The third-order valence-electron chi connectivity index (χ3n) is 7.10. The van der Waals surface area contributed by atoms with Gasteiger partial charge in [0.1, 0.15) is 5.75 Å². The number of rotatable bonds is 10. The number of amides is 2. The molecule has 1 heterocycles. The van der Waals surface area contributed by atoms with Crippen LogP contribution in [0.2, 0.25) is 0 Å². The third-order valence-corrected chi connectivity index (χ3v) is 8.90. The number of anilines is 1. The van der Waals surface area contributed by atoms with E-state index in [1.54, 1.807) is 48.5 Å². The number of carbonyl (C=O) groups is 2. The number of carbonyl (C=O) groups excluding carboxylic acids is 2. The molecular formula is C33H33N3O5S. The monoisotopic (exact) mass is 583 g/mol. The minimum Gasteiger partial charge on any atom is -0.477 e. The predicted octanol–water partition coefficient (Wildman–Crippen LogP) is 4.34. The maximum atomic E-state index is 13.9. The van der Waals surface area contributed by atoms with Crippen molar-refractivity contribution in [1.82, 2.24) is 9.62 Å². The van der Waals surface area contributed by atoms with Gasteiger partial charge in [-0.25, -0.2) is 8.42 Å². The molecule has 0 fully saturated rings. The lowest BCUT2D eigenvalue weighted by Crippen LogP contribution is -2.53. The second-order valence-corrected chi connectivity index (χ2v) is 12.1.